The summed E-state index contributed by atoms with van der Waals surface area (Å²) in [5.74, 6) is 0.988. The molecular weight excluding hydrogens is 306 g/mol. The van der Waals surface area contributed by atoms with Gasteiger partial charge in [0, 0.05) is 18.9 Å². The Morgan fingerprint density at radius 2 is 2.26 bits per heavy atom. The fraction of sp³-hybridized carbons (Fsp3) is 0.500. The first-order valence-electron chi connectivity index (χ1n) is 6.66. The number of rotatable bonds is 7. The Kier molecular flexibility index (Phi) is 5.22. The Bertz CT molecular complexity index is 506. The van der Waals surface area contributed by atoms with E-state index in [0.717, 1.165) is 36.2 Å². The minimum Gasteiger partial charge on any atom is -0.453 e. The van der Waals surface area contributed by atoms with E-state index in [2.05, 4.69) is 39.3 Å². The van der Waals surface area contributed by atoms with Gasteiger partial charge >= 0.3 is 0 Å². The summed E-state index contributed by atoms with van der Waals surface area (Å²) in [6.45, 7) is 3.16. The maximum atomic E-state index is 5.67. The lowest BCUT2D eigenvalue weighted by Gasteiger charge is -2.16. The molecule has 0 saturated carbocycles. The lowest BCUT2D eigenvalue weighted by atomic mass is 10.1. The topological polar surface area (TPSA) is 43.0 Å². The van der Waals surface area contributed by atoms with Gasteiger partial charge in [0.25, 0.3) is 0 Å². The van der Waals surface area contributed by atoms with Gasteiger partial charge in [0.1, 0.15) is 5.76 Å². The van der Waals surface area contributed by atoms with Crippen LogP contribution in [0.2, 0.25) is 0 Å². The van der Waals surface area contributed by atoms with E-state index in [1.54, 1.807) is 0 Å². The van der Waals surface area contributed by atoms with E-state index in [1.165, 1.54) is 5.69 Å². The Morgan fingerprint density at radius 3 is 2.84 bits per heavy atom. The minimum atomic E-state index is 0.251. The van der Waals surface area contributed by atoms with Crippen molar-refractivity contribution in [2.45, 2.75) is 32.2 Å². The Balaban J connectivity index is 1.99. The average Bonchev–Trinajstić information content (AvgIpc) is 2.99. The second kappa shape index (κ2) is 6.91. The van der Waals surface area contributed by atoms with E-state index >= 15 is 0 Å². The van der Waals surface area contributed by atoms with Crippen LogP contribution in [0.1, 0.15) is 37.3 Å². The molecule has 104 valence electrons. The molecule has 0 radical (unpaired) electrons. The number of aromatic nitrogens is 2. The molecule has 2 aromatic rings. The average molecular weight is 326 g/mol. The summed E-state index contributed by atoms with van der Waals surface area (Å²) in [6.07, 6.45) is 4.94. The summed E-state index contributed by atoms with van der Waals surface area (Å²) in [4.78, 5) is 0. The monoisotopic (exact) mass is 325 g/mol. The van der Waals surface area contributed by atoms with Gasteiger partial charge in [0.05, 0.1) is 6.04 Å². The standard InChI is InChI=1S/C14H20BrN3O/c1-3-9-16-12(13-6-7-14(15)19-13)5-4-11-8-10-17-18(11)2/h6-8,10,12,16H,3-5,9H2,1-2H3. The van der Waals surface area contributed by atoms with Crippen LogP contribution in [0.15, 0.2) is 33.5 Å². The number of hydrogen-bond donors (Lipinski definition) is 1. The van der Waals surface area contributed by atoms with Crippen LogP contribution in [0.3, 0.4) is 0 Å². The molecular formula is C14H20BrN3O. The molecule has 0 aromatic carbocycles. The maximum Gasteiger partial charge on any atom is 0.169 e. The number of hydrogen-bond acceptors (Lipinski definition) is 3. The van der Waals surface area contributed by atoms with Crippen LogP contribution in [0.4, 0.5) is 0 Å². The third-order valence-electron chi connectivity index (χ3n) is 3.19. The molecule has 0 saturated heterocycles. The highest BCUT2D eigenvalue weighted by molar-refractivity contribution is 9.10. The van der Waals surface area contributed by atoms with E-state index < -0.39 is 0 Å². The number of aryl methyl sites for hydroxylation is 2. The lowest BCUT2D eigenvalue weighted by Crippen LogP contribution is -2.22. The summed E-state index contributed by atoms with van der Waals surface area (Å²) in [7, 11) is 1.98. The second-order valence-corrected chi connectivity index (χ2v) is 5.41. The molecule has 2 heterocycles. The zero-order valence-corrected chi connectivity index (χ0v) is 13.0. The SMILES string of the molecule is CCCNC(CCc1ccnn1C)c1ccc(Br)o1. The van der Waals surface area contributed by atoms with Gasteiger partial charge in [-0.3, -0.25) is 4.68 Å². The zero-order valence-electron chi connectivity index (χ0n) is 11.4. The van der Waals surface area contributed by atoms with Gasteiger partial charge in [-0.2, -0.15) is 5.10 Å². The number of nitrogens with one attached hydrogen (secondary N) is 1. The Morgan fingerprint density at radius 1 is 1.42 bits per heavy atom. The van der Waals surface area contributed by atoms with Crippen LogP contribution in [0.5, 0.6) is 0 Å². The van der Waals surface area contributed by atoms with Crippen LogP contribution < -0.4 is 5.32 Å². The van der Waals surface area contributed by atoms with E-state index in [-0.39, 0.29) is 6.04 Å². The van der Waals surface area contributed by atoms with Crippen LogP contribution >= 0.6 is 15.9 Å². The van der Waals surface area contributed by atoms with Crippen molar-refractivity contribution in [2.75, 3.05) is 6.54 Å². The first kappa shape index (κ1) is 14.3. The second-order valence-electron chi connectivity index (χ2n) is 4.63. The minimum absolute atomic E-state index is 0.251. The van der Waals surface area contributed by atoms with E-state index in [1.807, 2.05) is 30.1 Å². The highest BCUT2D eigenvalue weighted by Crippen LogP contribution is 2.24. The van der Waals surface area contributed by atoms with Crippen molar-refractivity contribution in [1.82, 2.24) is 15.1 Å². The molecule has 0 bridgehead atoms. The summed E-state index contributed by atoms with van der Waals surface area (Å²) >= 11 is 3.36. The number of halogens is 1. The summed E-state index contributed by atoms with van der Waals surface area (Å²) < 4.78 is 8.38. The number of nitrogens with zero attached hydrogens (tertiary/aromatic N) is 2. The molecule has 1 N–H and O–H groups in total. The van der Waals surface area contributed by atoms with E-state index in [0.29, 0.717) is 0 Å². The van der Waals surface area contributed by atoms with Crippen LogP contribution in [0.25, 0.3) is 0 Å². The van der Waals surface area contributed by atoms with Gasteiger partial charge in [0.15, 0.2) is 4.67 Å². The van der Waals surface area contributed by atoms with Crippen LogP contribution in [0, 0.1) is 0 Å². The lowest BCUT2D eigenvalue weighted by molar-refractivity contribution is 0.384. The van der Waals surface area contributed by atoms with Gasteiger partial charge < -0.3 is 9.73 Å². The normalized spacial score (nSPS) is 12.8. The molecule has 0 aliphatic rings. The van der Waals surface area contributed by atoms with Gasteiger partial charge in [-0.15, -0.1) is 0 Å². The molecule has 1 atom stereocenters. The molecule has 19 heavy (non-hydrogen) atoms. The molecule has 2 rings (SSSR count). The maximum absolute atomic E-state index is 5.67. The highest BCUT2D eigenvalue weighted by Gasteiger charge is 2.15. The third-order valence-corrected chi connectivity index (χ3v) is 3.62. The van der Waals surface area contributed by atoms with Crippen molar-refractivity contribution in [3.05, 3.63) is 40.5 Å². The fourth-order valence-corrected chi connectivity index (χ4v) is 2.44. The molecule has 0 amide bonds. The molecule has 5 heteroatoms. The van der Waals surface area contributed by atoms with E-state index in [9.17, 15) is 0 Å². The first-order chi connectivity index (χ1) is 9.20. The van der Waals surface area contributed by atoms with Crippen molar-refractivity contribution in [1.29, 1.82) is 0 Å². The zero-order chi connectivity index (χ0) is 13.7. The van der Waals surface area contributed by atoms with Crippen molar-refractivity contribution >= 4 is 15.9 Å². The predicted octanol–water partition coefficient (Wildman–Crippen LogP) is 3.45. The van der Waals surface area contributed by atoms with E-state index in [4.69, 9.17) is 4.42 Å². The highest BCUT2D eigenvalue weighted by atomic mass is 79.9. The quantitative estimate of drug-likeness (QED) is 0.847. The van der Waals surface area contributed by atoms with Gasteiger partial charge in [0.2, 0.25) is 0 Å². The van der Waals surface area contributed by atoms with Crippen LogP contribution in [-0.4, -0.2) is 16.3 Å². The molecule has 0 fully saturated rings. The van der Waals surface area contributed by atoms with Crippen LogP contribution in [-0.2, 0) is 13.5 Å². The smallest absolute Gasteiger partial charge is 0.169 e. The van der Waals surface area contributed by atoms with Crippen molar-refractivity contribution < 1.29 is 4.42 Å². The van der Waals surface area contributed by atoms with Gasteiger partial charge in [-0.25, -0.2) is 0 Å². The number of furan rings is 1. The molecule has 0 spiro atoms. The predicted molar refractivity (Wildman–Crippen MR) is 79.0 cm³/mol. The Hall–Kier alpha value is -1.07. The molecule has 1 unspecified atom stereocenters. The summed E-state index contributed by atoms with van der Waals surface area (Å²) in [5, 5.41) is 7.74. The molecule has 0 aliphatic carbocycles. The summed E-state index contributed by atoms with van der Waals surface area (Å²) in [6, 6.07) is 6.29. The van der Waals surface area contributed by atoms with Crippen molar-refractivity contribution in [3.8, 4) is 0 Å². The first-order valence-corrected chi connectivity index (χ1v) is 7.45. The fourth-order valence-electron chi connectivity index (χ4n) is 2.12. The van der Waals surface area contributed by atoms with Crippen molar-refractivity contribution in [3.63, 3.8) is 0 Å². The van der Waals surface area contributed by atoms with Gasteiger partial charge in [-0.05, 0) is 59.9 Å². The molecule has 0 aliphatic heterocycles. The molecule has 2 aromatic heterocycles. The van der Waals surface area contributed by atoms with Gasteiger partial charge in [-0.1, -0.05) is 6.92 Å². The summed E-state index contributed by atoms with van der Waals surface area (Å²) in [5.41, 5.74) is 1.24. The van der Waals surface area contributed by atoms with Crippen molar-refractivity contribution in [2.24, 2.45) is 7.05 Å². The Labute approximate surface area is 122 Å². The molecule has 4 nitrogen and oxygen atoms in total. The largest absolute Gasteiger partial charge is 0.453 e. The third kappa shape index (κ3) is 3.94.